The molecule has 0 N–H and O–H groups in total. The van der Waals surface area contributed by atoms with Crippen molar-refractivity contribution in [1.29, 1.82) is 0 Å². The summed E-state index contributed by atoms with van der Waals surface area (Å²) in [5.74, 6) is -0.317. The summed E-state index contributed by atoms with van der Waals surface area (Å²) in [5, 5.41) is 0. The molecule has 0 aliphatic rings. The molecule has 1 aromatic rings. The van der Waals surface area contributed by atoms with Gasteiger partial charge in [-0.25, -0.2) is 4.79 Å². The van der Waals surface area contributed by atoms with E-state index in [1.165, 1.54) is 6.08 Å². The van der Waals surface area contributed by atoms with Crippen molar-refractivity contribution in [1.82, 2.24) is 0 Å². The Morgan fingerprint density at radius 1 is 1.69 bits per heavy atom. The maximum absolute atomic E-state index is 11.0. The van der Waals surface area contributed by atoms with Crippen LogP contribution >= 0.6 is 0 Å². The molecule has 0 aliphatic carbocycles. The third kappa shape index (κ3) is 3.60. The fourth-order valence-electron chi connectivity index (χ4n) is 0.785. The standard InChI is InChI=1S/C10H12O3/c1-2-6-13-10(11)4-3-9-5-7-12-8-9/h3-5,7-8H,2,6H2,1H3/b4-3-. The summed E-state index contributed by atoms with van der Waals surface area (Å²) in [6.07, 6.45) is 6.99. The normalized spacial score (nSPS) is 10.5. The fraction of sp³-hybridized carbons (Fsp3) is 0.300. The number of carbonyl (C=O) groups is 1. The summed E-state index contributed by atoms with van der Waals surface area (Å²) in [4.78, 5) is 11.0. The first-order chi connectivity index (χ1) is 6.33. The zero-order valence-corrected chi connectivity index (χ0v) is 7.53. The van der Waals surface area contributed by atoms with Gasteiger partial charge in [-0.3, -0.25) is 0 Å². The van der Waals surface area contributed by atoms with Crippen molar-refractivity contribution in [3.8, 4) is 0 Å². The van der Waals surface area contributed by atoms with Crippen molar-refractivity contribution in [3.63, 3.8) is 0 Å². The van der Waals surface area contributed by atoms with E-state index in [4.69, 9.17) is 9.15 Å². The first-order valence-electron chi connectivity index (χ1n) is 4.20. The molecule has 0 bridgehead atoms. The van der Waals surface area contributed by atoms with E-state index in [1.54, 1.807) is 24.7 Å². The summed E-state index contributed by atoms with van der Waals surface area (Å²) in [6.45, 7) is 2.42. The molecule has 1 aromatic heterocycles. The van der Waals surface area contributed by atoms with Crippen molar-refractivity contribution < 1.29 is 13.9 Å². The van der Waals surface area contributed by atoms with Gasteiger partial charge in [-0.05, 0) is 18.6 Å². The third-order valence-corrected chi connectivity index (χ3v) is 1.40. The van der Waals surface area contributed by atoms with Crippen molar-refractivity contribution in [3.05, 3.63) is 30.2 Å². The average molecular weight is 180 g/mol. The van der Waals surface area contributed by atoms with Gasteiger partial charge in [0.25, 0.3) is 0 Å². The molecule has 13 heavy (non-hydrogen) atoms. The van der Waals surface area contributed by atoms with E-state index in [1.807, 2.05) is 6.92 Å². The van der Waals surface area contributed by atoms with Gasteiger partial charge < -0.3 is 9.15 Å². The molecule has 0 fully saturated rings. The second kappa shape index (κ2) is 5.19. The van der Waals surface area contributed by atoms with Crippen molar-refractivity contribution >= 4 is 12.0 Å². The van der Waals surface area contributed by atoms with Crippen LogP contribution < -0.4 is 0 Å². The fourth-order valence-corrected chi connectivity index (χ4v) is 0.785. The topological polar surface area (TPSA) is 39.4 Å². The zero-order valence-electron chi connectivity index (χ0n) is 7.53. The van der Waals surface area contributed by atoms with Gasteiger partial charge in [0.2, 0.25) is 0 Å². The summed E-state index contributed by atoms with van der Waals surface area (Å²) >= 11 is 0. The number of rotatable bonds is 4. The van der Waals surface area contributed by atoms with Gasteiger partial charge in [0.05, 0.1) is 19.1 Å². The van der Waals surface area contributed by atoms with E-state index in [2.05, 4.69) is 0 Å². The number of hydrogen-bond acceptors (Lipinski definition) is 3. The summed E-state index contributed by atoms with van der Waals surface area (Å²) in [5.41, 5.74) is 0.855. The summed E-state index contributed by atoms with van der Waals surface area (Å²) in [7, 11) is 0. The van der Waals surface area contributed by atoms with Crippen LogP contribution in [0.3, 0.4) is 0 Å². The minimum absolute atomic E-state index is 0.317. The number of hydrogen-bond donors (Lipinski definition) is 0. The molecule has 0 radical (unpaired) electrons. The maximum Gasteiger partial charge on any atom is 0.330 e. The lowest BCUT2D eigenvalue weighted by Gasteiger charge is -1.96. The van der Waals surface area contributed by atoms with Crippen molar-refractivity contribution in [2.24, 2.45) is 0 Å². The number of ether oxygens (including phenoxy) is 1. The molecule has 3 nitrogen and oxygen atoms in total. The monoisotopic (exact) mass is 180 g/mol. The minimum atomic E-state index is -0.317. The largest absolute Gasteiger partial charge is 0.472 e. The lowest BCUT2D eigenvalue weighted by atomic mass is 10.3. The van der Waals surface area contributed by atoms with E-state index in [0.717, 1.165) is 12.0 Å². The SMILES string of the molecule is CCCOC(=O)/C=C\c1ccoc1. The van der Waals surface area contributed by atoms with Crippen LogP contribution in [0, 0.1) is 0 Å². The lowest BCUT2D eigenvalue weighted by molar-refractivity contribution is -0.137. The Kier molecular flexibility index (Phi) is 3.82. The van der Waals surface area contributed by atoms with Crippen LogP contribution in [-0.2, 0) is 9.53 Å². The second-order valence-electron chi connectivity index (χ2n) is 2.56. The summed E-state index contributed by atoms with van der Waals surface area (Å²) in [6, 6.07) is 1.77. The molecule has 0 unspecified atom stereocenters. The highest BCUT2D eigenvalue weighted by Crippen LogP contribution is 2.02. The molecule has 0 amide bonds. The predicted octanol–water partition coefficient (Wildman–Crippen LogP) is 2.25. The second-order valence-corrected chi connectivity index (χ2v) is 2.56. The highest BCUT2D eigenvalue weighted by Gasteiger charge is 1.94. The Bertz CT molecular complexity index is 272. The molecule has 0 aliphatic heterocycles. The molecular formula is C10H12O3. The number of carbonyl (C=O) groups excluding carboxylic acids is 1. The van der Waals surface area contributed by atoms with Crippen molar-refractivity contribution in [2.45, 2.75) is 13.3 Å². The van der Waals surface area contributed by atoms with Crippen LogP contribution in [0.25, 0.3) is 6.08 Å². The van der Waals surface area contributed by atoms with E-state index in [0.29, 0.717) is 6.61 Å². The first-order valence-corrected chi connectivity index (χ1v) is 4.20. The lowest BCUT2D eigenvalue weighted by Crippen LogP contribution is -2.00. The van der Waals surface area contributed by atoms with Crippen LogP contribution in [-0.4, -0.2) is 12.6 Å². The highest BCUT2D eigenvalue weighted by atomic mass is 16.5. The van der Waals surface area contributed by atoms with Crippen LogP contribution in [0.15, 0.2) is 29.1 Å². The molecule has 3 heteroatoms. The van der Waals surface area contributed by atoms with Crippen LogP contribution in [0.4, 0.5) is 0 Å². The Balaban J connectivity index is 2.35. The molecule has 1 heterocycles. The maximum atomic E-state index is 11.0. The number of esters is 1. The molecule has 0 spiro atoms. The van der Waals surface area contributed by atoms with Gasteiger partial charge >= 0.3 is 5.97 Å². The summed E-state index contributed by atoms with van der Waals surface area (Å²) < 4.78 is 9.66. The first kappa shape index (κ1) is 9.58. The van der Waals surface area contributed by atoms with E-state index < -0.39 is 0 Å². The van der Waals surface area contributed by atoms with Crippen LogP contribution in [0.2, 0.25) is 0 Å². The third-order valence-electron chi connectivity index (χ3n) is 1.40. The molecule has 0 atom stereocenters. The smallest absolute Gasteiger partial charge is 0.330 e. The Morgan fingerprint density at radius 2 is 2.54 bits per heavy atom. The molecule has 70 valence electrons. The van der Waals surface area contributed by atoms with E-state index >= 15 is 0 Å². The molecule has 0 saturated heterocycles. The van der Waals surface area contributed by atoms with Gasteiger partial charge in [0, 0.05) is 11.6 Å². The average Bonchev–Trinajstić information content (AvgIpc) is 2.64. The Labute approximate surface area is 77.0 Å². The van der Waals surface area contributed by atoms with Crippen molar-refractivity contribution in [2.75, 3.05) is 6.61 Å². The Morgan fingerprint density at radius 3 is 3.15 bits per heavy atom. The van der Waals surface area contributed by atoms with Gasteiger partial charge in [0.1, 0.15) is 0 Å². The van der Waals surface area contributed by atoms with Crippen LogP contribution in [0.1, 0.15) is 18.9 Å². The minimum Gasteiger partial charge on any atom is -0.472 e. The zero-order chi connectivity index (χ0) is 9.52. The van der Waals surface area contributed by atoms with Gasteiger partial charge in [-0.1, -0.05) is 6.92 Å². The van der Waals surface area contributed by atoms with Crippen LogP contribution in [0.5, 0.6) is 0 Å². The molecule has 1 rings (SSSR count). The molecule has 0 saturated carbocycles. The van der Waals surface area contributed by atoms with Gasteiger partial charge in [-0.2, -0.15) is 0 Å². The highest BCUT2D eigenvalue weighted by molar-refractivity contribution is 5.86. The quantitative estimate of drug-likeness (QED) is 0.527. The van der Waals surface area contributed by atoms with E-state index in [9.17, 15) is 4.79 Å². The Hall–Kier alpha value is -1.51. The van der Waals surface area contributed by atoms with Gasteiger partial charge in [0.15, 0.2) is 0 Å². The van der Waals surface area contributed by atoms with Gasteiger partial charge in [-0.15, -0.1) is 0 Å². The number of furan rings is 1. The molecule has 0 aromatic carbocycles. The predicted molar refractivity (Wildman–Crippen MR) is 49.0 cm³/mol. The van der Waals surface area contributed by atoms with E-state index in [-0.39, 0.29) is 5.97 Å². The molecular weight excluding hydrogens is 168 g/mol.